The van der Waals surface area contributed by atoms with Crippen molar-refractivity contribution < 1.29 is 14.3 Å². The molecule has 1 spiro atoms. The van der Waals surface area contributed by atoms with Crippen LogP contribution in [0.5, 0.6) is 0 Å². The molecule has 2 aliphatic rings. The van der Waals surface area contributed by atoms with Gasteiger partial charge in [-0.05, 0) is 33.6 Å². The molecule has 19 heavy (non-hydrogen) atoms. The summed E-state index contributed by atoms with van der Waals surface area (Å²) < 4.78 is 11.3. The third-order valence-corrected chi connectivity index (χ3v) is 3.33. The number of halogens is 1. The second-order valence-corrected chi connectivity index (χ2v) is 6.21. The Hall–Kier alpha value is -0.520. The zero-order valence-electron chi connectivity index (χ0n) is 12.0. The van der Waals surface area contributed by atoms with Crippen LogP contribution in [0.25, 0.3) is 0 Å². The minimum absolute atomic E-state index is 0. The number of hydrogen-bond donors (Lipinski definition) is 1. The van der Waals surface area contributed by atoms with Gasteiger partial charge in [-0.1, -0.05) is 0 Å². The van der Waals surface area contributed by atoms with E-state index < -0.39 is 5.60 Å². The highest BCUT2D eigenvalue weighted by Crippen LogP contribution is 2.27. The molecular formula is C13H25ClN2O3. The van der Waals surface area contributed by atoms with Crippen LogP contribution in [0, 0.1) is 0 Å². The maximum atomic E-state index is 12.1. The highest BCUT2D eigenvalue weighted by molar-refractivity contribution is 5.85. The third-order valence-electron chi connectivity index (χ3n) is 3.33. The van der Waals surface area contributed by atoms with Gasteiger partial charge in [-0.2, -0.15) is 0 Å². The maximum Gasteiger partial charge on any atom is 0.410 e. The second-order valence-electron chi connectivity index (χ2n) is 6.21. The van der Waals surface area contributed by atoms with Crippen LogP contribution < -0.4 is 5.32 Å². The van der Waals surface area contributed by atoms with E-state index in [0.29, 0.717) is 6.54 Å². The highest BCUT2D eigenvalue weighted by Gasteiger charge is 2.40. The molecule has 0 bridgehead atoms. The fourth-order valence-corrected chi connectivity index (χ4v) is 2.55. The lowest BCUT2D eigenvalue weighted by Crippen LogP contribution is -2.60. The molecule has 0 saturated carbocycles. The maximum absolute atomic E-state index is 12.1. The van der Waals surface area contributed by atoms with E-state index in [1.165, 1.54) is 0 Å². The van der Waals surface area contributed by atoms with Crippen molar-refractivity contribution in [1.29, 1.82) is 0 Å². The summed E-state index contributed by atoms with van der Waals surface area (Å²) in [5.41, 5.74) is -0.638. The van der Waals surface area contributed by atoms with Gasteiger partial charge in [-0.25, -0.2) is 4.79 Å². The first-order valence-corrected chi connectivity index (χ1v) is 6.73. The van der Waals surface area contributed by atoms with Crippen molar-refractivity contribution >= 4 is 18.5 Å². The molecule has 1 amide bonds. The number of amides is 1. The Balaban J connectivity index is 0.00000180. The molecule has 0 aliphatic carbocycles. The van der Waals surface area contributed by atoms with Crippen molar-refractivity contribution in [3.63, 3.8) is 0 Å². The molecule has 2 saturated heterocycles. The number of rotatable bonds is 0. The lowest BCUT2D eigenvalue weighted by molar-refractivity contribution is -0.105. The molecule has 2 aliphatic heterocycles. The summed E-state index contributed by atoms with van der Waals surface area (Å²) in [6.07, 6.45) is 1.76. The Kier molecular flexibility index (Phi) is 5.47. The van der Waals surface area contributed by atoms with E-state index in [1.54, 1.807) is 4.90 Å². The minimum Gasteiger partial charge on any atom is -0.444 e. The smallest absolute Gasteiger partial charge is 0.410 e. The van der Waals surface area contributed by atoms with Gasteiger partial charge in [0, 0.05) is 19.6 Å². The van der Waals surface area contributed by atoms with Crippen molar-refractivity contribution in [2.45, 2.75) is 44.8 Å². The van der Waals surface area contributed by atoms with Crippen LogP contribution in [-0.4, -0.2) is 55.0 Å². The van der Waals surface area contributed by atoms with Crippen molar-refractivity contribution in [2.75, 3.05) is 32.8 Å². The second kappa shape index (κ2) is 6.29. The van der Waals surface area contributed by atoms with Gasteiger partial charge in [0.05, 0.1) is 18.8 Å². The molecule has 0 aromatic rings. The number of carbonyl (C=O) groups excluding carboxylic acids is 1. The van der Waals surface area contributed by atoms with Crippen LogP contribution in [0.4, 0.5) is 4.79 Å². The number of carbonyl (C=O) groups is 1. The van der Waals surface area contributed by atoms with Crippen molar-refractivity contribution in [2.24, 2.45) is 0 Å². The Labute approximate surface area is 121 Å². The first-order chi connectivity index (χ1) is 8.40. The van der Waals surface area contributed by atoms with Crippen molar-refractivity contribution in [3.05, 3.63) is 0 Å². The first kappa shape index (κ1) is 16.5. The summed E-state index contributed by atoms with van der Waals surface area (Å²) >= 11 is 0. The van der Waals surface area contributed by atoms with Gasteiger partial charge in [0.2, 0.25) is 0 Å². The molecule has 0 aromatic heterocycles. The molecule has 6 heteroatoms. The molecule has 1 N–H and O–H groups in total. The fourth-order valence-electron chi connectivity index (χ4n) is 2.55. The SMILES string of the molecule is CC(C)(C)OC(=O)N1CCCC2(CNCCO2)C1.Cl. The monoisotopic (exact) mass is 292 g/mol. The van der Waals surface area contributed by atoms with E-state index in [2.05, 4.69) is 5.32 Å². The van der Waals surface area contributed by atoms with Crippen LogP contribution in [0.3, 0.4) is 0 Å². The molecule has 2 rings (SSSR count). The van der Waals surface area contributed by atoms with E-state index in [-0.39, 0.29) is 24.1 Å². The third kappa shape index (κ3) is 4.51. The summed E-state index contributed by atoms with van der Waals surface area (Å²) in [5.74, 6) is 0. The zero-order chi connectivity index (χ0) is 13.2. The van der Waals surface area contributed by atoms with Crippen LogP contribution in [0.2, 0.25) is 0 Å². The van der Waals surface area contributed by atoms with Gasteiger partial charge in [0.25, 0.3) is 0 Å². The van der Waals surface area contributed by atoms with Crippen LogP contribution >= 0.6 is 12.4 Å². The number of morpholine rings is 1. The average molecular weight is 293 g/mol. The number of ether oxygens (including phenoxy) is 2. The van der Waals surface area contributed by atoms with Gasteiger partial charge in [-0.3, -0.25) is 0 Å². The van der Waals surface area contributed by atoms with E-state index in [4.69, 9.17) is 9.47 Å². The Morgan fingerprint density at radius 2 is 2.16 bits per heavy atom. The fraction of sp³-hybridized carbons (Fsp3) is 0.923. The van der Waals surface area contributed by atoms with Gasteiger partial charge in [-0.15, -0.1) is 12.4 Å². The molecule has 5 nitrogen and oxygen atoms in total. The molecule has 2 heterocycles. The molecule has 0 radical (unpaired) electrons. The molecule has 0 aromatic carbocycles. The van der Waals surface area contributed by atoms with Gasteiger partial charge >= 0.3 is 6.09 Å². The normalized spacial score (nSPS) is 27.8. The summed E-state index contributed by atoms with van der Waals surface area (Å²) in [6, 6.07) is 0. The van der Waals surface area contributed by atoms with Gasteiger partial charge < -0.3 is 19.7 Å². The predicted molar refractivity (Wildman–Crippen MR) is 75.8 cm³/mol. The van der Waals surface area contributed by atoms with Gasteiger partial charge in [0.1, 0.15) is 5.60 Å². The lowest BCUT2D eigenvalue weighted by atomic mass is 9.91. The van der Waals surface area contributed by atoms with Crippen molar-refractivity contribution in [3.8, 4) is 0 Å². The number of nitrogens with zero attached hydrogens (tertiary/aromatic N) is 1. The summed E-state index contributed by atoms with van der Waals surface area (Å²) in [7, 11) is 0. The molecule has 112 valence electrons. The summed E-state index contributed by atoms with van der Waals surface area (Å²) in [6.45, 7) is 9.52. The molecule has 1 atom stereocenters. The van der Waals surface area contributed by atoms with Crippen LogP contribution in [-0.2, 0) is 9.47 Å². The Morgan fingerprint density at radius 1 is 1.42 bits per heavy atom. The van der Waals surface area contributed by atoms with E-state index in [0.717, 1.165) is 39.1 Å². The quantitative estimate of drug-likeness (QED) is 0.740. The van der Waals surface area contributed by atoms with Crippen LogP contribution in [0.1, 0.15) is 33.6 Å². The number of hydrogen-bond acceptors (Lipinski definition) is 4. The number of likely N-dealkylation sites (tertiary alicyclic amines) is 1. The number of piperidine rings is 1. The Morgan fingerprint density at radius 3 is 2.74 bits per heavy atom. The molecule has 1 unspecified atom stereocenters. The topological polar surface area (TPSA) is 50.8 Å². The molecular weight excluding hydrogens is 268 g/mol. The zero-order valence-corrected chi connectivity index (χ0v) is 12.8. The largest absolute Gasteiger partial charge is 0.444 e. The number of nitrogens with one attached hydrogen (secondary N) is 1. The molecule has 2 fully saturated rings. The minimum atomic E-state index is -0.437. The average Bonchev–Trinajstić information content (AvgIpc) is 2.28. The van der Waals surface area contributed by atoms with E-state index in [9.17, 15) is 4.79 Å². The van der Waals surface area contributed by atoms with Crippen LogP contribution in [0.15, 0.2) is 0 Å². The van der Waals surface area contributed by atoms with Gasteiger partial charge in [0.15, 0.2) is 0 Å². The van der Waals surface area contributed by atoms with E-state index >= 15 is 0 Å². The Bertz CT molecular complexity index is 306. The summed E-state index contributed by atoms with van der Waals surface area (Å²) in [5, 5.41) is 3.35. The standard InChI is InChI=1S/C13H24N2O3.ClH/c1-12(2,3)18-11(16)15-7-4-5-13(10-15)9-14-6-8-17-13;/h14H,4-10H2,1-3H3;1H. The summed E-state index contributed by atoms with van der Waals surface area (Å²) in [4.78, 5) is 13.8. The predicted octanol–water partition coefficient (Wildman–Crippen LogP) is 1.80. The van der Waals surface area contributed by atoms with E-state index in [1.807, 2.05) is 20.8 Å². The highest BCUT2D eigenvalue weighted by atomic mass is 35.5. The first-order valence-electron chi connectivity index (χ1n) is 6.73. The lowest BCUT2D eigenvalue weighted by Gasteiger charge is -2.44. The van der Waals surface area contributed by atoms with Crippen molar-refractivity contribution in [1.82, 2.24) is 10.2 Å².